The topological polar surface area (TPSA) is 96.7 Å². The van der Waals surface area contributed by atoms with Gasteiger partial charge in [-0.2, -0.15) is 0 Å². The summed E-state index contributed by atoms with van der Waals surface area (Å²) in [4.78, 5) is 27.5. The van der Waals surface area contributed by atoms with Gasteiger partial charge >= 0.3 is 0 Å². The predicted octanol–water partition coefficient (Wildman–Crippen LogP) is 3.12. The molecule has 0 aromatic carbocycles. The number of hydrogen-bond donors (Lipinski definition) is 2. The van der Waals surface area contributed by atoms with Crippen molar-refractivity contribution in [2.24, 2.45) is 5.92 Å². The van der Waals surface area contributed by atoms with Crippen LogP contribution >= 0.6 is 0 Å². The van der Waals surface area contributed by atoms with Crippen LogP contribution in [0.1, 0.15) is 65.1 Å². The van der Waals surface area contributed by atoms with Crippen LogP contribution in [0.5, 0.6) is 0 Å². The normalized spacial score (nSPS) is 16.6. The number of hydrogen-bond acceptors (Lipinski definition) is 6. The molecule has 8 nitrogen and oxygen atoms in total. The smallest absolute Gasteiger partial charge is 0.242 e. The number of ether oxygens (including phenoxy) is 1. The molecule has 170 valence electrons. The minimum absolute atomic E-state index is 0.0142. The van der Waals surface area contributed by atoms with Crippen LogP contribution in [0.25, 0.3) is 0 Å². The second kappa shape index (κ2) is 12.7. The van der Waals surface area contributed by atoms with E-state index in [9.17, 15) is 9.59 Å². The Kier molecular flexibility index (Phi) is 10.3. The van der Waals surface area contributed by atoms with E-state index in [1.54, 1.807) is 13.0 Å². The molecule has 1 aliphatic heterocycles. The van der Waals surface area contributed by atoms with Crippen LogP contribution in [0.2, 0.25) is 0 Å². The average molecular weight is 423 g/mol. The van der Waals surface area contributed by atoms with Crippen molar-refractivity contribution in [2.75, 3.05) is 31.6 Å². The summed E-state index contributed by atoms with van der Waals surface area (Å²) in [5.74, 6) is 1.20. The number of unbranched alkanes of at least 4 members (excludes halogenated alkanes) is 1. The van der Waals surface area contributed by atoms with Gasteiger partial charge in [-0.05, 0) is 59.5 Å². The van der Waals surface area contributed by atoms with E-state index in [0.29, 0.717) is 24.7 Å². The molecule has 2 heterocycles. The Labute approximate surface area is 180 Å². The molecule has 2 N–H and O–H groups in total. The van der Waals surface area contributed by atoms with E-state index >= 15 is 0 Å². The number of nitrogens with one attached hydrogen (secondary N) is 2. The number of carbonyl (C=O) groups is 2. The molecule has 1 saturated heterocycles. The summed E-state index contributed by atoms with van der Waals surface area (Å²) >= 11 is 0. The van der Waals surface area contributed by atoms with Gasteiger partial charge in [0.25, 0.3) is 0 Å². The van der Waals surface area contributed by atoms with E-state index in [2.05, 4.69) is 27.6 Å². The van der Waals surface area contributed by atoms with E-state index < -0.39 is 0 Å². The van der Waals surface area contributed by atoms with Gasteiger partial charge in [0, 0.05) is 25.1 Å². The molecule has 0 aliphatic carbocycles. The van der Waals surface area contributed by atoms with Crippen LogP contribution in [0.3, 0.4) is 0 Å². The quantitative estimate of drug-likeness (QED) is 0.503. The number of amides is 2. The zero-order valence-electron chi connectivity index (χ0n) is 18.9. The van der Waals surface area contributed by atoms with Gasteiger partial charge < -0.3 is 19.9 Å². The van der Waals surface area contributed by atoms with Crippen molar-refractivity contribution in [3.05, 3.63) is 11.8 Å². The van der Waals surface area contributed by atoms with Gasteiger partial charge in [0.15, 0.2) is 5.82 Å². The maximum Gasteiger partial charge on any atom is 0.242 e. The third-order valence-corrected chi connectivity index (χ3v) is 5.43. The van der Waals surface area contributed by atoms with Gasteiger partial charge in [0.1, 0.15) is 5.76 Å². The molecule has 1 aliphatic rings. The molecule has 8 heteroatoms. The van der Waals surface area contributed by atoms with Crippen molar-refractivity contribution in [3.8, 4) is 0 Å². The number of piperidine rings is 1. The fourth-order valence-electron chi connectivity index (χ4n) is 3.73. The van der Waals surface area contributed by atoms with E-state index in [-0.39, 0.29) is 29.9 Å². The summed E-state index contributed by atoms with van der Waals surface area (Å²) in [5, 5.41) is 9.76. The fourth-order valence-corrected chi connectivity index (χ4v) is 3.73. The monoisotopic (exact) mass is 422 g/mol. The predicted molar refractivity (Wildman–Crippen MR) is 116 cm³/mol. The number of rotatable bonds is 12. The van der Waals surface area contributed by atoms with Gasteiger partial charge in [-0.3, -0.25) is 14.5 Å². The van der Waals surface area contributed by atoms with Gasteiger partial charge in [0.2, 0.25) is 11.8 Å². The van der Waals surface area contributed by atoms with E-state index in [1.165, 1.54) is 0 Å². The summed E-state index contributed by atoms with van der Waals surface area (Å²) in [6.45, 7) is 10.7. The Morgan fingerprint density at radius 1 is 1.30 bits per heavy atom. The highest BCUT2D eigenvalue weighted by atomic mass is 16.5. The van der Waals surface area contributed by atoms with Crippen molar-refractivity contribution in [1.29, 1.82) is 0 Å². The van der Waals surface area contributed by atoms with E-state index in [0.717, 1.165) is 51.6 Å². The number of anilines is 1. The Bertz CT molecular complexity index is 653. The molecule has 1 fully saturated rings. The zero-order chi connectivity index (χ0) is 21.9. The molecule has 0 spiro atoms. The Hall–Kier alpha value is -1.93. The highest BCUT2D eigenvalue weighted by Crippen LogP contribution is 2.22. The lowest BCUT2D eigenvalue weighted by Gasteiger charge is -2.36. The summed E-state index contributed by atoms with van der Waals surface area (Å²) in [6, 6.07) is 1.51. The third-order valence-electron chi connectivity index (χ3n) is 5.43. The second-order valence-corrected chi connectivity index (χ2v) is 8.34. The molecule has 1 aromatic heterocycles. The van der Waals surface area contributed by atoms with Crippen molar-refractivity contribution < 1.29 is 18.8 Å². The Balaban J connectivity index is 1.80. The largest absolute Gasteiger partial charge is 0.379 e. The lowest BCUT2D eigenvalue weighted by Crippen LogP contribution is -2.49. The second-order valence-electron chi connectivity index (χ2n) is 8.34. The van der Waals surface area contributed by atoms with Crippen LogP contribution < -0.4 is 10.6 Å². The van der Waals surface area contributed by atoms with Crippen molar-refractivity contribution in [2.45, 2.75) is 78.4 Å². The van der Waals surface area contributed by atoms with Gasteiger partial charge in [-0.1, -0.05) is 24.9 Å². The maximum atomic E-state index is 12.9. The number of nitrogens with zero attached hydrogens (tertiary/aromatic N) is 2. The van der Waals surface area contributed by atoms with E-state index in [4.69, 9.17) is 9.26 Å². The molecule has 30 heavy (non-hydrogen) atoms. The minimum atomic E-state index is -0.209. The molecule has 1 unspecified atom stereocenters. The highest BCUT2D eigenvalue weighted by Gasteiger charge is 2.32. The third kappa shape index (κ3) is 8.07. The lowest BCUT2D eigenvalue weighted by molar-refractivity contribution is -0.127. The molecular formula is C22H38N4O4. The Morgan fingerprint density at radius 3 is 2.63 bits per heavy atom. The number of carbonyl (C=O) groups excluding carboxylic acids is 2. The van der Waals surface area contributed by atoms with Gasteiger partial charge in [0.05, 0.1) is 12.1 Å². The highest BCUT2D eigenvalue weighted by molar-refractivity contribution is 5.94. The molecule has 0 saturated carbocycles. The van der Waals surface area contributed by atoms with Crippen LogP contribution in [-0.4, -0.2) is 60.3 Å². The molecule has 2 amide bonds. The first-order chi connectivity index (χ1) is 14.4. The maximum absolute atomic E-state index is 12.9. The summed E-state index contributed by atoms with van der Waals surface area (Å²) in [6.07, 6.45) is 5.40. The van der Waals surface area contributed by atoms with Crippen molar-refractivity contribution >= 4 is 17.6 Å². The number of aromatic nitrogens is 1. The van der Waals surface area contributed by atoms with Crippen LogP contribution in [0.15, 0.2) is 10.6 Å². The van der Waals surface area contributed by atoms with Crippen molar-refractivity contribution in [1.82, 2.24) is 15.4 Å². The molecular weight excluding hydrogens is 384 g/mol. The molecule has 2 rings (SSSR count). The fraction of sp³-hybridized carbons (Fsp3) is 0.773. The lowest BCUT2D eigenvalue weighted by atomic mass is 9.93. The number of aryl methyl sites for hydroxylation is 1. The average Bonchev–Trinajstić information content (AvgIpc) is 3.12. The summed E-state index contributed by atoms with van der Waals surface area (Å²) in [5.41, 5.74) is 0. The summed E-state index contributed by atoms with van der Waals surface area (Å²) < 4.78 is 10.5. The van der Waals surface area contributed by atoms with Crippen molar-refractivity contribution in [3.63, 3.8) is 0 Å². The Morgan fingerprint density at radius 2 is 2.03 bits per heavy atom. The first kappa shape index (κ1) is 24.3. The molecule has 0 radical (unpaired) electrons. The summed E-state index contributed by atoms with van der Waals surface area (Å²) in [7, 11) is 0. The first-order valence-electron chi connectivity index (χ1n) is 11.3. The minimum Gasteiger partial charge on any atom is -0.379 e. The van der Waals surface area contributed by atoms with Gasteiger partial charge in [-0.15, -0.1) is 0 Å². The molecule has 1 atom stereocenters. The SMILES string of the molecule is CCCCC(C(=O)Nc1cc(C)on1)N1CCC(C(=O)NCCCOC(C)C)CC1. The van der Waals surface area contributed by atoms with Crippen LogP contribution in [-0.2, 0) is 14.3 Å². The zero-order valence-corrected chi connectivity index (χ0v) is 18.9. The molecule has 0 bridgehead atoms. The number of likely N-dealkylation sites (tertiary alicyclic amines) is 1. The molecule has 1 aromatic rings. The van der Waals surface area contributed by atoms with E-state index in [1.807, 2.05) is 13.8 Å². The standard InChI is InChI=1S/C22H38N4O4/c1-5-6-8-19(22(28)24-20-15-17(4)30-25-20)26-12-9-18(10-13-26)21(27)23-11-7-14-29-16(2)3/h15-16,18-19H,5-14H2,1-4H3,(H,23,27)(H,24,25,28). The first-order valence-corrected chi connectivity index (χ1v) is 11.3. The van der Waals surface area contributed by atoms with Gasteiger partial charge in [-0.25, -0.2) is 0 Å². The van der Waals surface area contributed by atoms with Crippen LogP contribution in [0.4, 0.5) is 5.82 Å². The van der Waals surface area contributed by atoms with Crippen LogP contribution in [0, 0.1) is 12.8 Å².